The van der Waals surface area contributed by atoms with Crippen molar-refractivity contribution < 1.29 is 9.90 Å². The molecule has 8 nitrogen and oxygen atoms in total. The van der Waals surface area contributed by atoms with Gasteiger partial charge in [0.15, 0.2) is 0 Å². The van der Waals surface area contributed by atoms with Gasteiger partial charge in [0.25, 0.3) is 0 Å². The number of carboxylic acids is 1. The van der Waals surface area contributed by atoms with E-state index in [0.29, 0.717) is 17.4 Å². The molecule has 0 spiro atoms. The monoisotopic (exact) mass is 340 g/mol. The Morgan fingerprint density at radius 3 is 2.72 bits per heavy atom. The van der Waals surface area contributed by atoms with Gasteiger partial charge >= 0.3 is 5.97 Å². The lowest BCUT2D eigenvalue weighted by molar-refractivity contribution is -0.134. The van der Waals surface area contributed by atoms with E-state index < -0.39 is 5.97 Å². The summed E-state index contributed by atoms with van der Waals surface area (Å²) >= 11 is 0. The van der Waals surface area contributed by atoms with Gasteiger partial charge in [-0.2, -0.15) is 0 Å². The SMILES string of the molecule is Cc1nc(N(C)C)nc(-c2cc(NCC(=O)O)nc3[nH]ccc23)c1C. The van der Waals surface area contributed by atoms with Crippen molar-refractivity contribution in [3.8, 4) is 11.3 Å². The van der Waals surface area contributed by atoms with Gasteiger partial charge in [-0.25, -0.2) is 15.0 Å². The van der Waals surface area contributed by atoms with E-state index in [4.69, 9.17) is 10.1 Å². The Balaban J connectivity index is 2.20. The molecule has 8 heteroatoms. The highest BCUT2D eigenvalue weighted by atomic mass is 16.4. The van der Waals surface area contributed by atoms with Crippen LogP contribution in [0.5, 0.6) is 0 Å². The van der Waals surface area contributed by atoms with E-state index in [0.717, 1.165) is 27.9 Å². The molecule has 0 fully saturated rings. The number of aliphatic carboxylic acids is 1. The summed E-state index contributed by atoms with van der Waals surface area (Å²) in [5.41, 5.74) is 4.23. The molecule has 0 saturated heterocycles. The normalized spacial score (nSPS) is 10.9. The lowest BCUT2D eigenvalue weighted by atomic mass is 10.0. The largest absolute Gasteiger partial charge is 0.480 e. The minimum absolute atomic E-state index is 0.205. The van der Waals surface area contributed by atoms with E-state index in [1.54, 1.807) is 6.20 Å². The van der Waals surface area contributed by atoms with Crippen LogP contribution in [0.15, 0.2) is 18.3 Å². The van der Waals surface area contributed by atoms with Crippen LogP contribution in [0, 0.1) is 13.8 Å². The van der Waals surface area contributed by atoms with Crippen LogP contribution < -0.4 is 10.2 Å². The fourth-order valence-corrected chi connectivity index (χ4v) is 2.57. The number of aromatic nitrogens is 4. The maximum atomic E-state index is 10.8. The molecular formula is C17H20N6O2. The van der Waals surface area contributed by atoms with Crippen molar-refractivity contribution in [2.45, 2.75) is 13.8 Å². The molecule has 3 rings (SSSR count). The number of anilines is 2. The van der Waals surface area contributed by atoms with Crippen molar-refractivity contribution in [3.05, 3.63) is 29.6 Å². The van der Waals surface area contributed by atoms with Gasteiger partial charge in [-0.3, -0.25) is 4.79 Å². The predicted octanol–water partition coefficient (Wildman–Crippen LogP) is 2.20. The zero-order chi connectivity index (χ0) is 18.1. The smallest absolute Gasteiger partial charge is 0.322 e. The molecule has 3 aromatic heterocycles. The first kappa shape index (κ1) is 16.7. The molecule has 0 saturated carbocycles. The van der Waals surface area contributed by atoms with E-state index in [9.17, 15) is 4.79 Å². The summed E-state index contributed by atoms with van der Waals surface area (Å²) < 4.78 is 0. The van der Waals surface area contributed by atoms with Crippen LogP contribution in [-0.4, -0.2) is 51.7 Å². The van der Waals surface area contributed by atoms with Gasteiger partial charge in [-0.1, -0.05) is 0 Å². The second-order valence-corrected chi connectivity index (χ2v) is 6.02. The summed E-state index contributed by atoms with van der Waals surface area (Å²) in [5.74, 6) is 0.159. The summed E-state index contributed by atoms with van der Waals surface area (Å²) in [7, 11) is 3.79. The Kier molecular flexibility index (Phi) is 4.26. The molecular weight excluding hydrogens is 320 g/mol. The lowest BCUT2D eigenvalue weighted by Gasteiger charge is -2.16. The van der Waals surface area contributed by atoms with Crippen LogP contribution in [-0.2, 0) is 4.79 Å². The van der Waals surface area contributed by atoms with Crippen LogP contribution in [0.3, 0.4) is 0 Å². The zero-order valence-electron chi connectivity index (χ0n) is 14.6. The summed E-state index contributed by atoms with van der Waals surface area (Å²) in [6, 6.07) is 3.76. The highest BCUT2D eigenvalue weighted by Gasteiger charge is 2.16. The number of rotatable bonds is 5. The molecule has 25 heavy (non-hydrogen) atoms. The molecule has 0 aromatic carbocycles. The maximum absolute atomic E-state index is 10.8. The maximum Gasteiger partial charge on any atom is 0.322 e. The van der Waals surface area contributed by atoms with Crippen molar-refractivity contribution in [2.24, 2.45) is 0 Å². The number of H-pyrrole nitrogens is 1. The summed E-state index contributed by atoms with van der Waals surface area (Å²) in [5, 5.41) is 12.6. The third kappa shape index (κ3) is 3.23. The Morgan fingerprint density at radius 1 is 1.28 bits per heavy atom. The average Bonchev–Trinajstić information content (AvgIpc) is 3.03. The molecule has 0 bridgehead atoms. The van der Waals surface area contributed by atoms with Crippen LogP contribution >= 0.6 is 0 Å². The van der Waals surface area contributed by atoms with Crippen molar-refractivity contribution in [3.63, 3.8) is 0 Å². The number of nitrogens with zero attached hydrogens (tertiary/aromatic N) is 4. The molecule has 0 radical (unpaired) electrons. The van der Waals surface area contributed by atoms with Gasteiger partial charge in [0, 0.05) is 36.9 Å². The van der Waals surface area contributed by atoms with Gasteiger partial charge in [-0.15, -0.1) is 0 Å². The molecule has 0 unspecified atom stereocenters. The van der Waals surface area contributed by atoms with Gasteiger partial charge in [0.05, 0.1) is 5.69 Å². The van der Waals surface area contributed by atoms with E-state index in [-0.39, 0.29) is 6.54 Å². The fraction of sp³-hybridized carbons (Fsp3) is 0.294. The highest BCUT2D eigenvalue weighted by Crippen LogP contribution is 2.32. The molecule has 3 N–H and O–H groups in total. The number of carbonyl (C=O) groups is 1. The Labute approximate surface area is 144 Å². The number of nitrogens with one attached hydrogen (secondary N) is 2. The zero-order valence-corrected chi connectivity index (χ0v) is 14.6. The standard InChI is InChI=1S/C17H20N6O2/c1-9-10(2)20-17(23(3)4)22-15(9)12-7-13(19-8-14(24)25)21-16-11(12)5-6-18-16/h5-7H,8H2,1-4H3,(H,24,25)(H2,18,19,21). The average molecular weight is 340 g/mol. The second-order valence-electron chi connectivity index (χ2n) is 6.02. The number of hydrogen-bond acceptors (Lipinski definition) is 6. The van der Waals surface area contributed by atoms with Gasteiger partial charge in [-0.05, 0) is 31.5 Å². The summed E-state index contributed by atoms with van der Waals surface area (Å²) in [6.45, 7) is 3.73. The van der Waals surface area contributed by atoms with Crippen LogP contribution in [0.2, 0.25) is 0 Å². The van der Waals surface area contributed by atoms with Crippen molar-refractivity contribution in [2.75, 3.05) is 30.9 Å². The molecule has 0 atom stereocenters. The first-order chi connectivity index (χ1) is 11.9. The van der Waals surface area contributed by atoms with E-state index in [2.05, 4.69) is 20.3 Å². The fourth-order valence-electron chi connectivity index (χ4n) is 2.57. The number of aryl methyl sites for hydroxylation is 1. The molecule has 0 aliphatic carbocycles. The second kappa shape index (κ2) is 6.39. The minimum atomic E-state index is -0.945. The first-order valence-electron chi connectivity index (χ1n) is 7.83. The number of aromatic amines is 1. The van der Waals surface area contributed by atoms with E-state index in [1.807, 2.05) is 45.0 Å². The summed E-state index contributed by atoms with van der Waals surface area (Å²) in [4.78, 5) is 29.4. The number of carboxylic acid groups (broad SMARTS) is 1. The predicted molar refractivity (Wildman–Crippen MR) is 97.0 cm³/mol. The molecule has 3 heterocycles. The van der Waals surface area contributed by atoms with Crippen LogP contribution in [0.1, 0.15) is 11.3 Å². The number of pyridine rings is 1. The van der Waals surface area contributed by atoms with Crippen LogP contribution in [0.25, 0.3) is 22.3 Å². The Morgan fingerprint density at radius 2 is 2.04 bits per heavy atom. The molecule has 3 aromatic rings. The summed E-state index contributed by atoms with van der Waals surface area (Å²) in [6.07, 6.45) is 1.80. The van der Waals surface area contributed by atoms with Gasteiger partial charge in [0.1, 0.15) is 18.0 Å². The van der Waals surface area contributed by atoms with Gasteiger partial charge in [0.2, 0.25) is 5.95 Å². The molecule has 130 valence electrons. The third-order valence-electron chi connectivity index (χ3n) is 3.98. The number of fused-ring (bicyclic) bond motifs is 1. The molecule has 0 aliphatic heterocycles. The number of hydrogen-bond donors (Lipinski definition) is 3. The first-order valence-corrected chi connectivity index (χ1v) is 7.83. The van der Waals surface area contributed by atoms with E-state index >= 15 is 0 Å². The van der Waals surface area contributed by atoms with E-state index in [1.165, 1.54) is 0 Å². The lowest BCUT2D eigenvalue weighted by Crippen LogP contribution is -2.15. The van der Waals surface area contributed by atoms with Gasteiger partial charge < -0.3 is 20.3 Å². The highest BCUT2D eigenvalue weighted by molar-refractivity contribution is 5.95. The third-order valence-corrected chi connectivity index (χ3v) is 3.98. The Bertz CT molecular complexity index is 948. The van der Waals surface area contributed by atoms with Crippen LogP contribution in [0.4, 0.5) is 11.8 Å². The van der Waals surface area contributed by atoms with Crippen molar-refractivity contribution in [1.29, 1.82) is 0 Å². The van der Waals surface area contributed by atoms with Crippen molar-refractivity contribution in [1.82, 2.24) is 19.9 Å². The minimum Gasteiger partial charge on any atom is -0.480 e. The quantitative estimate of drug-likeness (QED) is 0.653. The molecule has 0 aliphatic rings. The molecule has 0 amide bonds. The Hall–Kier alpha value is -3.16. The topological polar surface area (TPSA) is 107 Å². The van der Waals surface area contributed by atoms with Crippen molar-refractivity contribution >= 4 is 28.8 Å².